The zero-order valence-corrected chi connectivity index (χ0v) is 14.6. The van der Waals surface area contributed by atoms with E-state index in [-0.39, 0.29) is 10.9 Å². The number of halogens is 2. The van der Waals surface area contributed by atoms with Crippen LogP contribution in [0.2, 0.25) is 5.02 Å². The monoisotopic (exact) mass is 362 g/mol. The van der Waals surface area contributed by atoms with Crippen molar-refractivity contribution < 1.29 is 9.18 Å². The second-order valence-electron chi connectivity index (χ2n) is 5.48. The molecule has 0 fully saturated rings. The molecule has 0 saturated heterocycles. The summed E-state index contributed by atoms with van der Waals surface area (Å²) in [5.41, 5.74) is 1.32. The van der Waals surface area contributed by atoms with Gasteiger partial charge in [-0.15, -0.1) is 11.3 Å². The lowest BCUT2D eigenvalue weighted by Crippen LogP contribution is -2.30. The Hall–Kier alpha value is -2.11. The van der Waals surface area contributed by atoms with Gasteiger partial charge in [0.05, 0.1) is 23.7 Å². The molecule has 2 heterocycles. The van der Waals surface area contributed by atoms with Gasteiger partial charge in [0.1, 0.15) is 5.82 Å². The van der Waals surface area contributed by atoms with E-state index < -0.39 is 5.82 Å². The Balaban J connectivity index is 1.90. The molecule has 0 saturated carbocycles. The average molecular weight is 363 g/mol. The Bertz CT molecular complexity index is 845. The zero-order chi connectivity index (χ0) is 17.1. The highest BCUT2D eigenvalue weighted by Gasteiger charge is 2.20. The third kappa shape index (κ3) is 3.68. The van der Waals surface area contributed by atoms with E-state index in [4.69, 9.17) is 11.6 Å². The van der Waals surface area contributed by atoms with Crippen LogP contribution in [-0.4, -0.2) is 15.4 Å². The lowest BCUT2D eigenvalue weighted by molar-refractivity contribution is 0.0728. The summed E-state index contributed by atoms with van der Waals surface area (Å²) < 4.78 is 15.2. The molecule has 0 bridgehead atoms. The van der Waals surface area contributed by atoms with Crippen LogP contribution in [0.3, 0.4) is 0 Å². The van der Waals surface area contributed by atoms with Crippen LogP contribution < -0.4 is 0 Å². The predicted octanol–water partition coefficient (Wildman–Crippen LogP) is 4.72. The molecular weight excluding hydrogens is 347 g/mol. The van der Waals surface area contributed by atoms with Crippen LogP contribution in [0.25, 0.3) is 0 Å². The number of thiophene rings is 1. The Kier molecular flexibility index (Phi) is 5.02. The maximum absolute atomic E-state index is 13.3. The smallest absolute Gasteiger partial charge is 0.256 e. The van der Waals surface area contributed by atoms with Crippen LogP contribution in [0.1, 0.15) is 20.9 Å². The molecule has 1 amide bonds. The van der Waals surface area contributed by atoms with E-state index in [2.05, 4.69) is 0 Å². The Morgan fingerprint density at radius 2 is 2.08 bits per heavy atom. The third-order valence-electron chi connectivity index (χ3n) is 3.78. The van der Waals surface area contributed by atoms with Crippen LogP contribution in [-0.2, 0) is 20.1 Å². The maximum atomic E-state index is 13.3. The van der Waals surface area contributed by atoms with Gasteiger partial charge in [-0.2, -0.15) is 0 Å². The number of amides is 1. The second-order valence-corrected chi connectivity index (χ2v) is 6.91. The summed E-state index contributed by atoms with van der Waals surface area (Å²) in [6, 6.07) is 11.7. The first-order chi connectivity index (χ1) is 11.5. The molecule has 0 atom stereocenters. The highest BCUT2D eigenvalue weighted by Crippen LogP contribution is 2.22. The number of aryl methyl sites for hydroxylation is 1. The lowest BCUT2D eigenvalue weighted by atomic mass is 10.2. The Morgan fingerprint density at radius 3 is 2.71 bits per heavy atom. The van der Waals surface area contributed by atoms with Gasteiger partial charge in [0.15, 0.2) is 0 Å². The minimum absolute atomic E-state index is 0.128. The molecule has 3 nitrogen and oxygen atoms in total. The number of nitrogens with zero attached hydrogens (tertiary/aromatic N) is 2. The van der Waals surface area contributed by atoms with Crippen LogP contribution in [0.15, 0.2) is 54.0 Å². The summed E-state index contributed by atoms with van der Waals surface area (Å²) in [5, 5.41) is 2.11. The summed E-state index contributed by atoms with van der Waals surface area (Å²) >= 11 is 7.67. The van der Waals surface area contributed by atoms with Crippen molar-refractivity contribution >= 4 is 28.8 Å². The van der Waals surface area contributed by atoms with Crippen molar-refractivity contribution in [1.29, 1.82) is 0 Å². The minimum Gasteiger partial charge on any atom is -0.353 e. The molecule has 0 N–H and O–H groups in total. The molecule has 6 heteroatoms. The number of carbonyl (C=O) groups excluding carboxylic acids is 1. The summed E-state index contributed by atoms with van der Waals surface area (Å²) in [5.74, 6) is -0.668. The fraction of sp³-hybridized carbons (Fsp3) is 0.167. The summed E-state index contributed by atoms with van der Waals surface area (Å²) in [6.07, 6.45) is 1.94. The Labute approximate surface area is 148 Å². The molecule has 0 aliphatic rings. The molecule has 0 unspecified atom stereocenters. The van der Waals surface area contributed by atoms with Gasteiger partial charge in [0, 0.05) is 23.8 Å². The molecule has 0 aliphatic heterocycles. The van der Waals surface area contributed by atoms with E-state index in [0.29, 0.717) is 18.7 Å². The molecule has 2 aromatic heterocycles. The van der Waals surface area contributed by atoms with Crippen LogP contribution >= 0.6 is 22.9 Å². The lowest BCUT2D eigenvalue weighted by Gasteiger charge is -2.23. The highest BCUT2D eigenvalue weighted by atomic mass is 35.5. The van der Waals surface area contributed by atoms with Gasteiger partial charge < -0.3 is 9.47 Å². The molecule has 1 aromatic carbocycles. The van der Waals surface area contributed by atoms with Gasteiger partial charge in [0.2, 0.25) is 0 Å². The van der Waals surface area contributed by atoms with Crippen LogP contribution in [0.4, 0.5) is 4.39 Å². The van der Waals surface area contributed by atoms with Gasteiger partial charge in [-0.25, -0.2) is 4.39 Å². The molecule has 124 valence electrons. The number of benzene rings is 1. The average Bonchev–Trinajstić information content (AvgIpc) is 3.18. The molecule has 3 rings (SSSR count). The predicted molar refractivity (Wildman–Crippen MR) is 94.7 cm³/mol. The first-order valence-corrected chi connectivity index (χ1v) is 8.67. The standard InChI is InChI=1S/C18H16ClFN2OS/c1-21-8-2-4-14(21)11-22(12-15-5-3-9-24-15)18(23)16-7-6-13(20)10-17(16)19/h2-10H,11-12H2,1H3. The van der Waals surface area contributed by atoms with Crippen molar-refractivity contribution in [3.8, 4) is 0 Å². The molecule has 0 spiro atoms. The number of rotatable bonds is 5. The maximum Gasteiger partial charge on any atom is 0.256 e. The van der Waals surface area contributed by atoms with Gasteiger partial charge in [-0.1, -0.05) is 17.7 Å². The molecule has 24 heavy (non-hydrogen) atoms. The Morgan fingerprint density at radius 1 is 1.25 bits per heavy atom. The van der Waals surface area contributed by atoms with E-state index in [1.165, 1.54) is 18.2 Å². The SMILES string of the molecule is Cn1cccc1CN(Cc1cccs1)C(=O)c1ccc(F)cc1Cl. The number of aromatic nitrogens is 1. The quantitative estimate of drug-likeness (QED) is 0.644. The molecule has 0 radical (unpaired) electrons. The van der Waals surface area contributed by atoms with Gasteiger partial charge in [0.25, 0.3) is 5.91 Å². The van der Waals surface area contributed by atoms with E-state index in [1.54, 1.807) is 16.2 Å². The van der Waals surface area contributed by atoms with Gasteiger partial charge in [-0.3, -0.25) is 4.79 Å². The number of hydrogen-bond donors (Lipinski definition) is 0. The van der Waals surface area contributed by atoms with Crippen molar-refractivity contribution in [2.45, 2.75) is 13.1 Å². The van der Waals surface area contributed by atoms with E-state index in [0.717, 1.165) is 10.6 Å². The largest absolute Gasteiger partial charge is 0.353 e. The van der Waals surface area contributed by atoms with Crippen LogP contribution in [0, 0.1) is 5.82 Å². The minimum atomic E-state index is -0.455. The van der Waals surface area contributed by atoms with Gasteiger partial charge >= 0.3 is 0 Å². The third-order valence-corrected chi connectivity index (χ3v) is 4.95. The van der Waals surface area contributed by atoms with Crippen molar-refractivity contribution in [2.24, 2.45) is 7.05 Å². The van der Waals surface area contributed by atoms with Gasteiger partial charge in [-0.05, 0) is 41.8 Å². The summed E-state index contributed by atoms with van der Waals surface area (Å²) in [6.45, 7) is 0.934. The fourth-order valence-corrected chi connectivity index (χ4v) is 3.45. The van der Waals surface area contributed by atoms with E-state index >= 15 is 0 Å². The molecule has 0 aliphatic carbocycles. The van der Waals surface area contributed by atoms with Crippen molar-refractivity contribution in [1.82, 2.24) is 9.47 Å². The molecule has 3 aromatic rings. The van der Waals surface area contributed by atoms with Crippen LogP contribution in [0.5, 0.6) is 0 Å². The van der Waals surface area contributed by atoms with Crippen molar-refractivity contribution in [2.75, 3.05) is 0 Å². The zero-order valence-electron chi connectivity index (χ0n) is 13.1. The van der Waals surface area contributed by atoms with Crippen molar-refractivity contribution in [3.63, 3.8) is 0 Å². The summed E-state index contributed by atoms with van der Waals surface area (Å²) in [4.78, 5) is 15.8. The molecular formula is C18H16ClFN2OS. The highest BCUT2D eigenvalue weighted by molar-refractivity contribution is 7.09. The number of carbonyl (C=O) groups is 1. The van der Waals surface area contributed by atoms with E-state index in [1.807, 2.05) is 47.5 Å². The summed E-state index contributed by atoms with van der Waals surface area (Å²) in [7, 11) is 1.94. The normalized spacial score (nSPS) is 10.8. The van der Waals surface area contributed by atoms with Crippen molar-refractivity contribution in [3.05, 3.63) is 81.0 Å². The van der Waals surface area contributed by atoms with E-state index in [9.17, 15) is 9.18 Å². The second kappa shape index (κ2) is 7.20. The number of hydrogen-bond acceptors (Lipinski definition) is 2. The first-order valence-electron chi connectivity index (χ1n) is 7.41. The fourth-order valence-electron chi connectivity index (χ4n) is 2.48. The first kappa shape index (κ1) is 16.7. The topological polar surface area (TPSA) is 25.2 Å².